The number of anilines is 1. The Balaban J connectivity index is 2.01. The molecule has 0 spiro atoms. The molecule has 0 radical (unpaired) electrons. The number of rotatable bonds is 4. The summed E-state index contributed by atoms with van der Waals surface area (Å²) in [4.78, 5) is 26.8. The molecule has 0 aromatic heterocycles. The Morgan fingerprint density at radius 2 is 1.52 bits per heavy atom. The van der Waals surface area contributed by atoms with Crippen LogP contribution in [0.3, 0.4) is 0 Å². The molecule has 1 heterocycles. The summed E-state index contributed by atoms with van der Waals surface area (Å²) < 4.78 is 0. The molecule has 2 amide bonds. The lowest BCUT2D eigenvalue weighted by Gasteiger charge is -2.19. The van der Waals surface area contributed by atoms with E-state index in [4.69, 9.17) is 11.6 Å². The Kier molecular flexibility index (Phi) is 5.11. The topological polar surface area (TPSA) is 49.4 Å². The maximum atomic E-state index is 12.8. The Hall–Kier alpha value is -2.59. The summed E-state index contributed by atoms with van der Waals surface area (Å²) in [5.41, 5.74) is 3.35. The summed E-state index contributed by atoms with van der Waals surface area (Å²) in [6.45, 7) is 8.55. The van der Waals surface area contributed by atoms with Crippen molar-refractivity contribution in [2.24, 2.45) is 0 Å². The first-order valence-corrected chi connectivity index (χ1v) is 9.34. The first-order chi connectivity index (χ1) is 12.7. The molecule has 0 aliphatic carbocycles. The van der Waals surface area contributed by atoms with E-state index in [2.05, 4.69) is 26.1 Å². The molecular weight excluding hydrogens is 360 g/mol. The molecular formula is C22H23ClN2O2. The predicted octanol–water partition coefficient (Wildman–Crippen LogP) is 4.85. The first kappa shape index (κ1) is 19.2. The van der Waals surface area contributed by atoms with Gasteiger partial charge in [-0.15, -0.1) is 0 Å². The maximum absolute atomic E-state index is 12.8. The molecule has 1 aliphatic rings. The number of benzene rings is 2. The van der Waals surface area contributed by atoms with E-state index in [0.717, 1.165) is 5.69 Å². The number of likely N-dealkylation sites (N-methyl/N-ethyl adjacent to an activating group) is 1. The van der Waals surface area contributed by atoms with Crippen LogP contribution in [0.4, 0.5) is 5.69 Å². The van der Waals surface area contributed by atoms with Crippen molar-refractivity contribution in [1.82, 2.24) is 4.90 Å². The Bertz CT molecular complexity index is 907. The van der Waals surface area contributed by atoms with Gasteiger partial charge in [-0.1, -0.05) is 56.6 Å². The van der Waals surface area contributed by atoms with Crippen molar-refractivity contribution >= 4 is 34.7 Å². The molecule has 0 saturated heterocycles. The number of amides is 2. The van der Waals surface area contributed by atoms with E-state index < -0.39 is 0 Å². The number of hydrogen-bond acceptors (Lipinski definition) is 3. The van der Waals surface area contributed by atoms with Crippen LogP contribution in [0.25, 0.3) is 5.57 Å². The average molecular weight is 383 g/mol. The zero-order valence-corrected chi connectivity index (χ0v) is 16.7. The molecule has 4 nitrogen and oxygen atoms in total. The fourth-order valence-corrected chi connectivity index (χ4v) is 3.19. The minimum Gasteiger partial charge on any atom is -0.350 e. The fraction of sp³-hybridized carbons (Fsp3) is 0.273. The average Bonchev–Trinajstić information content (AvgIpc) is 2.85. The van der Waals surface area contributed by atoms with E-state index in [0.29, 0.717) is 28.4 Å². The van der Waals surface area contributed by atoms with Crippen LogP contribution in [0.15, 0.2) is 54.2 Å². The van der Waals surface area contributed by atoms with E-state index >= 15 is 0 Å². The summed E-state index contributed by atoms with van der Waals surface area (Å²) in [6, 6.07) is 14.9. The minimum atomic E-state index is -0.313. The molecule has 5 heteroatoms. The zero-order chi connectivity index (χ0) is 19.8. The predicted molar refractivity (Wildman–Crippen MR) is 110 cm³/mol. The monoisotopic (exact) mass is 382 g/mol. The Morgan fingerprint density at radius 3 is 2.04 bits per heavy atom. The molecule has 0 atom stereocenters. The van der Waals surface area contributed by atoms with Gasteiger partial charge in [0.1, 0.15) is 5.70 Å². The third-order valence-electron chi connectivity index (χ3n) is 4.64. The van der Waals surface area contributed by atoms with E-state index in [-0.39, 0.29) is 17.2 Å². The van der Waals surface area contributed by atoms with Crippen LogP contribution in [0.1, 0.15) is 38.8 Å². The molecule has 2 aromatic rings. The second-order valence-electron chi connectivity index (χ2n) is 7.56. The standard InChI is InChI=1S/C22H23ClN2O2/c1-5-25-20(26)18(14-6-10-16(23)11-7-14)19(21(25)27)24-17-12-8-15(9-13-17)22(2,3)4/h6-13,24H,5H2,1-4H3. The summed E-state index contributed by atoms with van der Waals surface area (Å²) in [5.74, 6) is -0.606. The number of nitrogens with one attached hydrogen (secondary N) is 1. The van der Waals surface area contributed by atoms with E-state index in [9.17, 15) is 9.59 Å². The van der Waals surface area contributed by atoms with Gasteiger partial charge in [-0.05, 0) is 47.7 Å². The van der Waals surface area contributed by atoms with Crippen LogP contribution in [-0.2, 0) is 15.0 Å². The second kappa shape index (κ2) is 7.20. The van der Waals surface area contributed by atoms with E-state index in [1.807, 2.05) is 24.3 Å². The quantitative estimate of drug-likeness (QED) is 0.769. The van der Waals surface area contributed by atoms with Crippen molar-refractivity contribution in [2.45, 2.75) is 33.1 Å². The lowest BCUT2D eigenvalue weighted by molar-refractivity contribution is -0.136. The van der Waals surface area contributed by atoms with Gasteiger partial charge in [0.25, 0.3) is 11.8 Å². The number of carbonyl (C=O) groups excluding carboxylic acids is 2. The van der Waals surface area contributed by atoms with Gasteiger partial charge >= 0.3 is 0 Å². The largest absolute Gasteiger partial charge is 0.350 e. The number of nitrogens with zero attached hydrogens (tertiary/aromatic N) is 1. The fourth-order valence-electron chi connectivity index (χ4n) is 3.06. The van der Waals surface area contributed by atoms with Gasteiger partial charge in [0.05, 0.1) is 5.57 Å². The molecule has 1 aliphatic heterocycles. The highest BCUT2D eigenvalue weighted by Crippen LogP contribution is 2.31. The third-order valence-corrected chi connectivity index (χ3v) is 4.89. The van der Waals surface area contributed by atoms with Crippen LogP contribution < -0.4 is 5.32 Å². The number of hydrogen-bond donors (Lipinski definition) is 1. The van der Waals surface area contributed by atoms with Crippen LogP contribution in [0.2, 0.25) is 5.02 Å². The van der Waals surface area contributed by atoms with Gasteiger partial charge in [-0.2, -0.15) is 0 Å². The summed E-state index contributed by atoms with van der Waals surface area (Å²) in [7, 11) is 0. The number of imide groups is 1. The SMILES string of the molecule is CCN1C(=O)C(Nc2ccc(C(C)(C)C)cc2)=C(c2ccc(Cl)cc2)C1=O. The van der Waals surface area contributed by atoms with Gasteiger partial charge in [0.2, 0.25) is 0 Å². The minimum absolute atomic E-state index is 0.0461. The van der Waals surface area contributed by atoms with Crippen LogP contribution in [0, 0.1) is 0 Å². The van der Waals surface area contributed by atoms with Gasteiger partial charge in [0.15, 0.2) is 0 Å². The lowest BCUT2D eigenvalue weighted by Crippen LogP contribution is -2.32. The summed E-state index contributed by atoms with van der Waals surface area (Å²) >= 11 is 5.96. The highest BCUT2D eigenvalue weighted by Gasteiger charge is 2.38. The molecule has 27 heavy (non-hydrogen) atoms. The molecule has 3 rings (SSSR count). The van der Waals surface area contributed by atoms with Gasteiger partial charge in [0, 0.05) is 17.3 Å². The third kappa shape index (κ3) is 3.76. The highest BCUT2D eigenvalue weighted by molar-refractivity contribution is 6.36. The molecule has 2 aromatic carbocycles. The van der Waals surface area contributed by atoms with Crippen molar-refractivity contribution in [3.05, 3.63) is 70.4 Å². The van der Waals surface area contributed by atoms with Gasteiger partial charge in [-0.25, -0.2) is 0 Å². The summed E-state index contributed by atoms with van der Waals surface area (Å²) in [6.07, 6.45) is 0. The van der Waals surface area contributed by atoms with Gasteiger partial charge < -0.3 is 5.32 Å². The molecule has 0 unspecified atom stereocenters. The van der Waals surface area contributed by atoms with E-state index in [1.54, 1.807) is 31.2 Å². The van der Waals surface area contributed by atoms with Crippen molar-refractivity contribution in [3.63, 3.8) is 0 Å². The molecule has 0 fully saturated rings. The first-order valence-electron chi connectivity index (χ1n) is 8.96. The van der Waals surface area contributed by atoms with Crippen molar-refractivity contribution in [3.8, 4) is 0 Å². The Labute approximate surface area is 164 Å². The smallest absolute Gasteiger partial charge is 0.278 e. The van der Waals surface area contributed by atoms with Crippen LogP contribution >= 0.6 is 11.6 Å². The molecule has 0 saturated carbocycles. The highest BCUT2D eigenvalue weighted by atomic mass is 35.5. The lowest BCUT2D eigenvalue weighted by atomic mass is 9.87. The second-order valence-corrected chi connectivity index (χ2v) is 8.00. The normalized spacial score (nSPS) is 14.9. The summed E-state index contributed by atoms with van der Waals surface area (Å²) in [5, 5.41) is 3.74. The number of carbonyl (C=O) groups is 2. The van der Waals surface area contributed by atoms with Crippen molar-refractivity contribution < 1.29 is 9.59 Å². The van der Waals surface area contributed by atoms with Crippen LogP contribution in [0.5, 0.6) is 0 Å². The maximum Gasteiger partial charge on any atom is 0.278 e. The van der Waals surface area contributed by atoms with Crippen molar-refractivity contribution in [1.29, 1.82) is 0 Å². The number of halogens is 1. The zero-order valence-electron chi connectivity index (χ0n) is 16.0. The molecule has 1 N–H and O–H groups in total. The van der Waals surface area contributed by atoms with Crippen LogP contribution in [-0.4, -0.2) is 23.3 Å². The molecule has 0 bridgehead atoms. The Morgan fingerprint density at radius 1 is 0.926 bits per heavy atom. The molecule has 140 valence electrons. The van der Waals surface area contributed by atoms with Crippen molar-refractivity contribution in [2.75, 3.05) is 11.9 Å². The van der Waals surface area contributed by atoms with E-state index in [1.165, 1.54) is 10.5 Å². The van der Waals surface area contributed by atoms with Gasteiger partial charge in [-0.3, -0.25) is 14.5 Å².